The molecule has 0 atom stereocenters. The number of amides is 1. The quantitative estimate of drug-likeness (QED) is 0.877. The average molecular weight is 267 g/mol. The first-order valence-electron chi connectivity index (χ1n) is 6.09. The minimum Gasteiger partial charge on any atom is -0.496 e. The lowest BCUT2D eigenvalue weighted by Gasteiger charge is -2.19. The van der Waals surface area contributed by atoms with Gasteiger partial charge in [0.05, 0.1) is 13.7 Å². The Morgan fingerprint density at radius 2 is 2.05 bits per heavy atom. The van der Waals surface area contributed by atoms with Gasteiger partial charge < -0.3 is 19.9 Å². The Morgan fingerprint density at radius 3 is 2.58 bits per heavy atom. The number of alkyl carbamates (subject to hydrolysis) is 1. The number of benzene rings is 1. The van der Waals surface area contributed by atoms with E-state index in [0.717, 1.165) is 5.56 Å². The Kier molecular flexibility index (Phi) is 5.18. The Labute approximate surface area is 113 Å². The summed E-state index contributed by atoms with van der Waals surface area (Å²) in [6, 6.07) is 5.37. The molecule has 0 aliphatic rings. The van der Waals surface area contributed by atoms with Gasteiger partial charge in [-0.1, -0.05) is 12.1 Å². The molecular weight excluding hydrogens is 246 g/mol. The summed E-state index contributed by atoms with van der Waals surface area (Å²) in [5.74, 6) is 0.603. The summed E-state index contributed by atoms with van der Waals surface area (Å²) < 4.78 is 10.3. The fraction of sp³-hybridized carbons (Fsp3) is 0.500. The van der Waals surface area contributed by atoms with Crippen molar-refractivity contribution in [2.75, 3.05) is 7.11 Å². The largest absolute Gasteiger partial charge is 0.496 e. The van der Waals surface area contributed by atoms with Crippen LogP contribution in [0.3, 0.4) is 0 Å². The molecule has 5 nitrogen and oxygen atoms in total. The molecule has 1 amide bonds. The van der Waals surface area contributed by atoms with Gasteiger partial charge >= 0.3 is 6.09 Å². The van der Waals surface area contributed by atoms with Crippen LogP contribution in [0.4, 0.5) is 4.79 Å². The molecule has 0 radical (unpaired) electrons. The number of carbonyl (C=O) groups is 1. The standard InChI is InChI=1S/C14H21NO4/c1-14(2,3)19-13(17)15-8-10-5-6-11(9-16)12(7-10)18-4/h5-7,16H,8-9H2,1-4H3,(H,15,17). The van der Waals surface area contributed by atoms with Gasteiger partial charge in [-0.25, -0.2) is 4.79 Å². The fourth-order valence-corrected chi connectivity index (χ4v) is 1.52. The van der Waals surface area contributed by atoms with Crippen LogP contribution in [-0.2, 0) is 17.9 Å². The Morgan fingerprint density at radius 1 is 1.37 bits per heavy atom. The summed E-state index contributed by atoms with van der Waals surface area (Å²) in [6.07, 6.45) is -0.460. The first-order chi connectivity index (χ1) is 8.85. The van der Waals surface area contributed by atoms with Crippen molar-refractivity contribution in [3.8, 4) is 5.75 Å². The number of hydrogen-bond donors (Lipinski definition) is 2. The van der Waals surface area contributed by atoms with E-state index >= 15 is 0 Å². The molecule has 0 heterocycles. The zero-order valence-corrected chi connectivity index (χ0v) is 11.8. The van der Waals surface area contributed by atoms with E-state index in [4.69, 9.17) is 14.6 Å². The van der Waals surface area contributed by atoms with Gasteiger partial charge in [0.25, 0.3) is 0 Å². The number of nitrogens with one attached hydrogen (secondary N) is 1. The number of ether oxygens (including phenoxy) is 2. The second-order valence-corrected chi connectivity index (χ2v) is 5.16. The molecule has 0 saturated carbocycles. The smallest absolute Gasteiger partial charge is 0.407 e. The molecule has 0 bridgehead atoms. The summed E-state index contributed by atoms with van der Waals surface area (Å²) in [7, 11) is 1.54. The summed E-state index contributed by atoms with van der Waals surface area (Å²) >= 11 is 0. The van der Waals surface area contributed by atoms with E-state index in [0.29, 0.717) is 17.9 Å². The van der Waals surface area contributed by atoms with Crippen molar-refractivity contribution in [1.29, 1.82) is 0 Å². The van der Waals surface area contributed by atoms with Crippen molar-refractivity contribution < 1.29 is 19.4 Å². The van der Waals surface area contributed by atoms with Crippen LogP contribution in [-0.4, -0.2) is 23.9 Å². The maximum atomic E-state index is 11.5. The molecular formula is C14H21NO4. The van der Waals surface area contributed by atoms with Gasteiger partial charge in [-0.05, 0) is 32.4 Å². The van der Waals surface area contributed by atoms with E-state index in [1.54, 1.807) is 19.2 Å². The van der Waals surface area contributed by atoms with Crippen molar-refractivity contribution in [3.05, 3.63) is 29.3 Å². The van der Waals surface area contributed by atoms with Gasteiger partial charge in [-0.3, -0.25) is 0 Å². The van der Waals surface area contributed by atoms with E-state index in [1.807, 2.05) is 26.8 Å². The third-order valence-electron chi connectivity index (χ3n) is 2.36. The molecule has 106 valence electrons. The van der Waals surface area contributed by atoms with Gasteiger partial charge in [-0.2, -0.15) is 0 Å². The monoisotopic (exact) mass is 267 g/mol. The molecule has 1 rings (SSSR count). The van der Waals surface area contributed by atoms with Crippen LogP contribution >= 0.6 is 0 Å². The molecule has 1 aromatic rings. The van der Waals surface area contributed by atoms with Crippen LogP contribution in [0.5, 0.6) is 5.75 Å². The average Bonchev–Trinajstić information content (AvgIpc) is 2.33. The van der Waals surface area contributed by atoms with Crippen molar-refractivity contribution in [1.82, 2.24) is 5.32 Å². The van der Waals surface area contributed by atoms with Crippen molar-refractivity contribution in [3.63, 3.8) is 0 Å². The first kappa shape index (κ1) is 15.3. The van der Waals surface area contributed by atoms with Crippen LogP contribution in [0, 0.1) is 0 Å². The highest BCUT2D eigenvalue weighted by molar-refractivity contribution is 5.67. The van der Waals surface area contributed by atoms with Crippen molar-refractivity contribution in [2.45, 2.75) is 39.5 Å². The third kappa shape index (κ3) is 5.18. The second-order valence-electron chi connectivity index (χ2n) is 5.16. The summed E-state index contributed by atoms with van der Waals surface area (Å²) in [5, 5.41) is 11.8. The maximum absolute atomic E-state index is 11.5. The third-order valence-corrected chi connectivity index (χ3v) is 2.36. The predicted octanol–water partition coefficient (Wildman–Crippen LogP) is 2.21. The summed E-state index contributed by atoms with van der Waals surface area (Å²) in [4.78, 5) is 11.5. The molecule has 0 unspecified atom stereocenters. The van der Waals surface area contributed by atoms with Gasteiger partial charge in [-0.15, -0.1) is 0 Å². The van der Waals surface area contributed by atoms with E-state index in [-0.39, 0.29) is 6.61 Å². The van der Waals surface area contributed by atoms with Gasteiger partial charge in [0.15, 0.2) is 0 Å². The molecule has 5 heteroatoms. The Bertz CT molecular complexity index is 438. The number of hydrogen-bond acceptors (Lipinski definition) is 4. The highest BCUT2D eigenvalue weighted by Gasteiger charge is 2.15. The van der Waals surface area contributed by atoms with Crippen LogP contribution in [0.15, 0.2) is 18.2 Å². The number of rotatable bonds is 4. The van der Waals surface area contributed by atoms with Crippen LogP contribution in [0.1, 0.15) is 31.9 Å². The van der Waals surface area contributed by atoms with E-state index in [1.165, 1.54) is 0 Å². The molecule has 19 heavy (non-hydrogen) atoms. The number of carbonyl (C=O) groups excluding carboxylic acids is 1. The van der Waals surface area contributed by atoms with Crippen LogP contribution < -0.4 is 10.1 Å². The van der Waals surface area contributed by atoms with Gasteiger partial charge in [0, 0.05) is 12.1 Å². The maximum Gasteiger partial charge on any atom is 0.407 e. The van der Waals surface area contributed by atoms with Gasteiger partial charge in [0.2, 0.25) is 0 Å². The summed E-state index contributed by atoms with van der Waals surface area (Å²) in [5.41, 5.74) is 1.08. The van der Waals surface area contributed by atoms with Crippen LogP contribution in [0.2, 0.25) is 0 Å². The molecule has 2 N–H and O–H groups in total. The molecule has 1 aromatic carbocycles. The van der Waals surface area contributed by atoms with Crippen molar-refractivity contribution in [2.24, 2.45) is 0 Å². The lowest BCUT2D eigenvalue weighted by Crippen LogP contribution is -2.32. The Hall–Kier alpha value is -1.75. The highest BCUT2D eigenvalue weighted by atomic mass is 16.6. The molecule has 0 aliphatic carbocycles. The van der Waals surface area contributed by atoms with Crippen molar-refractivity contribution >= 4 is 6.09 Å². The SMILES string of the molecule is COc1cc(CNC(=O)OC(C)(C)C)ccc1CO. The number of methoxy groups -OCH3 is 1. The fourth-order valence-electron chi connectivity index (χ4n) is 1.52. The first-order valence-corrected chi connectivity index (χ1v) is 6.09. The lowest BCUT2D eigenvalue weighted by atomic mass is 10.1. The zero-order chi connectivity index (χ0) is 14.5. The summed E-state index contributed by atoms with van der Waals surface area (Å²) in [6.45, 7) is 5.70. The lowest BCUT2D eigenvalue weighted by molar-refractivity contribution is 0.0523. The molecule has 0 saturated heterocycles. The van der Waals surface area contributed by atoms with Crippen LogP contribution in [0.25, 0.3) is 0 Å². The van der Waals surface area contributed by atoms with E-state index in [2.05, 4.69) is 5.32 Å². The van der Waals surface area contributed by atoms with E-state index < -0.39 is 11.7 Å². The number of aliphatic hydroxyl groups excluding tert-OH is 1. The molecule has 0 fully saturated rings. The molecule has 0 aliphatic heterocycles. The second kappa shape index (κ2) is 6.43. The zero-order valence-electron chi connectivity index (χ0n) is 11.8. The minimum atomic E-state index is -0.511. The minimum absolute atomic E-state index is 0.0804. The highest BCUT2D eigenvalue weighted by Crippen LogP contribution is 2.20. The molecule has 0 aromatic heterocycles. The topological polar surface area (TPSA) is 67.8 Å². The Balaban J connectivity index is 2.61. The number of aliphatic hydroxyl groups is 1. The van der Waals surface area contributed by atoms with Gasteiger partial charge in [0.1, 0.15) is 11.4 Å². The predicted molar refractivity (Wildman–Crippen MR) is 72.0 cm³/mol. The van der Waals surface area contributed by atoms with E-state index in [9.17, 15) is 4.79 Å². The normalized spacial score (nSPS) is 11.0. The molecule has 0 spiro atoms.